The number of nitrogens with zero attached hydrogens (tertiary/aromatic N) is 1. The van der Waals surface area contributed by atoms with Crippen molar-refractivity contribution in [1.29, 1.82) is 0 Å². The Labute approximate surface area is 232 Å². The molecule has 0 bridgehead atoms. The maximum absolute atomic E-state index is 13.3. The Hall–Kier alpha value is -2.81. The van der Waals surface area contributed by atoms with Crippen LogP contribution in [0, 0.1) is 0 Å². The summed E-state index contributed by atoms with van der Waals surface area (Å²) in [7, 11) is -2.32. The van der Waals surface area contributed by atoms with Gasteiger partial charge >= 0.3 is 10.1 Å². The lowest BCUT2D eigenvalue weighted by atomic mass is 9.71. The van der Waals surface area contributed by atoms with Crippen molar-refractivity contribution in [3.8, 4) is 11.5 Å². The van der Waals surface area contributed by atoms with Crippen molar-refractivity contribution in [3.05, 3.63) is 74.5 Å². The third-order valence-corrected chi connectivity index (χ3v) is 8.97. The zero-order chi connectivity index (χ0) is 27.2. The molecule has 0 aromatic heterocycles. The minimum atomic E-state index is -4.25. The summed E-state index contributed by atoms with van der Waals surface area (Å²) in [5, 5.41) is 0.384. The zero-order valence-electron chi connectivity index (χ0n) is 21.1. The Morgan fingerprint density at radius 3 is 2.05 bits per heavy atom. The van der Waals surface area contributed by atoms with Gasteiger partial charge in [0.05, 0.1) is 11.6 Å². The largest absolute Gasteiger partial charge is 0.490 e. The summed E-state index contributed by atoms with van der Waals surface area (Å²) >= 11 is 12.6. The highest BCUT2D eigenvalue weighted by molar-refractivity contribution is 7.87. The smallest absolute Gasteiger partial charge is 0.339 e. The molecule has 2 aromatic rings. The molecule has 38 heavy (non-hydrogen) atoms. The number of benzene rings is 2. The summed E-state index contributed by atoms with van der Waals surface area (Å²) in [5.74, 6) is -0.633. The number of hydrogen-bond acceptors (Lipinski definition) is 7. The monoisotopic (exact) mass is 575 g/mol. The van der Waals surface area contributed by atoms with E-state index in [-0.39, 0.29) is 39.6 Å². The summed E-state index contributed by atoms with van der Waals surface area (Å²) in [5.41, 5.74) is 3.66. The topological polar surface area (TPSA) is 90.0 Å². The van der Waals surface area contributed by atoms with Crippen LogP contribution in [0.4, 0.5) is 0 Å². The maximum atomic E-state index is 13.3. The number of ether oxygens (including phenoxy) is 1. The zero-order valence-corrected chi connectivity index (χ0v) is 23.4. The second kappa shape index (κ2) is 10.4. The molecule has 0 fully saturated rings. The maximum Gasteiger partial charge on any atom is 0.339 e. The van der Waals surface area contributed by atoms with Gasteiger partial charge in [0.2, 0.25) is 5.75 Å². The van der Waals surface area contributed by atoms with Crippen molar-refractivity contribution in [1.82, 2.24) is 4.90 Å². The number of carbonyl (C=O) groups excluding carboxylic acids is 2. The molecule has 0 saturated heterocycles. The molecule has 0 unspecified atom stereocenters. The van der Waals surface area contributed by atoms with E-state index in [2.05, 4.69) is 0 Å². The molecule has 0 saturated carbocycles. The number of carbonyl (C=O) groups is 2. The number of Topliss-reactive ketones (excluding diaryl/α,β-unsaturated/α-hetero) is 2. The minimum Gasteiger partial charge on any atom is -0.490 e. The number of hydrogen-bond donors (Lipinski definition) is 0. The lowest BCUT2D eigenvalue weighted by Gasteiger charge is -2.42. The van der Waals surface area contributed by atoms with E-state index in [4.69, 9.17) is 32.1 Å². The molecule has 0 atom stereocenters. The third-order valence-electron chi connectivity index (χ3n) is 7.20. The van der Waals surface area contributed by atoms with Crippen LogP contribution in [-0.4, -0.2) is 38.5 Å². The number of halogens is 2. The average Bonchev–Trinajstić information content (AvgIpc) is 2.87. The van der Waals surface area contributed by atoms with Gasteiger partial charge in [-0.25, -0.2) is 0 Å². The van der Waals surface area contributed by atoms with E-state index in [0.29, 0.717) is 34.6 Å². The second-order valence-corrected chi connectivity index (χ2v) is 11.9. The van der Waals surface area contributed by atoms with Crippen LogP contribution < -0.4 is 8.92 Å². The van der Waals surface area contributed by atoms with E-state index in [0.717, 1.165) is 37.1 Å². The van der Waals surface area contributed by atoms with Crippen LogP contribution in [0.5, 0.6) is 11.5 Å². The molecule has 0 radical (unpaired) electrons. The molecule has 2 aromatic carbocycles. The molecule has 1 heterocycles. The number of ketones is 2. The van der Waals surface area contributed by atoms with Gasteiger partial charge in [0.15, 0.2) is 17.3 Å². The van der Waals surface area contributed by atoms with Gasteiger partial charge in [-0.3, -0.25) is 9.59 Å². The molecule has 7 nitrogen and oxygen atoms in total. The summed E-state index contributed by atoms with van der Waals surface area (Å²) < 4.78 is 37.3. The first kappa shape index (κ1) is 26.8. The Morgan fingerprint density at radius 2 is 1.50 bits per heavy atom. The number of allylic oxidation sites excluding steroid dienone is 4. The second-order valence-electron chi connectivity index (χ2n) is 9.52. The standard InChI is InChI=1S/C28H27Cl2NO6S/c1-3-36-24-15-16(14-19(30)28(24)37-38(34,35)18-12-10-17(29)11-13-18)25-26-20(6-4-8-22(26)32)31(2)21-7-5-9-23(33)27(21)25/h10-15,25H,3-9H2,1-2H3. The highest BCUT2D eigenvalue weighted by Crippen LogP contribution is 2.51. The van der Waals surface area contributed by atoms with E-state index in [1.807, 2.05) is 11.9 Å². The predicted molar refractivity (Wildman–Crippen MR) is 144 cm³/mol. The van der Waals surface area contributed by atoms with Gasteiger partial charge in [0, 0.05) is 53.4 Å². The van der Waals surface area contributed by atoms with Crippen LogP contribution in [0.2, 0.25) is 10.0 Å². The van der Waals surface area contributed by atoms with Crippen LogP contribution in [0.1, 0.15) is 56.9 Å². The van der Waals surface area contributed by atoms with Gasteiger partial charge in [0.25, 0.3) is 0 Å². The van der Waals surface area contributed by atoms with E-state index >= 15 is 0 Å². The summed E-state index contributed by atoms with van der Waals surface area (Å²) in [6.45, 7) is 1.97. The molecule has 2 aliphatic carbocycles. The Bertz CT molecular complexity index is 1450. The SMILES string of the molecule is CCOc1cc(C2C3=C(CCCC3=O)N(C)C3=C2C(=O)CCC3)cc(Cl)c1OS(=O)(=O)c1ccc(Cl)cc1. The molecule has 1 aliphatic heterocycles. The van der Waals surface area contributed by atoms with Gasteiger partial charge in [-0.15, -0.1) is 0 Å². The van der Waals surface area contributed by atoms with Crippen molar-refractivity contribution in [2.24, 2.45) is 0 Å². The molecule has 200 valence electrons. The Balaban J connectivity index is 1.64. The van der Waals surface area contributed by atoms with E-state index < -0.39 is 16.0 Å². The molecule has 5 rings (SSSR count). The Kier molecular flexibility index (Phi) is 7.33. The van der Waals surface area contributed by atoms with Crippen molar-refractivity contribution in [3.63, 3.8) is 0 Å². The van der Waals surface area contributed by atoms with Gasteiger partial charge in [0.1, 0.15) is 4.90 Å². The van der Waals surface area contributed by atoms with E-state index in [1.54, 1.807) is 19.1 Å². The van der Waals surface area contributed by atoms with E-state index in [9.17, 15) is 18.0 Å². The summed E-state index contributed by atoms with van der Waals surface area (Å²) in [6.07, 6.45) is 3.81. The van der Waals surface area contributed by atoms with Crippen LogP contribution in [0.25, 0.3) is 0 Å². The van der Waals surface area contributed by atoms with Crippen molar-refractivity contribution in [2.75, 3.05) is 13.7 Å². The summed E-state index contributed by atoms with van der Waals surface area (Å²) in [6, 6.07) is 8.79. The van der Waals surface area contributed by atoms with E-state index in [1.165, 1.54) is 24.3 Å². The molecule has 0 spiro atoms. The van der Waals surface area contributed by atoms with Gasteiger partial charge in [-0.05, 0) is 74.6 Å². The first-order valence-corrected chi connectivity index (χ1v) is 14.7. The van der Waals surface area contributed by atoms with Gasteiger partial charge < -0.3 is 13.8 Å². The van der Waals surface area contributed by atoms with Crippen LogP contribution >= 0.6 is 23.2 Å². The molecule has 3 aliphatic rings. The average molecular weight is 576 g/mol. The van der Waals surface area contributed by atoms with Crippen molar-refractivity contribution in [2.45, 2.75) is 56.3 Å². The van der Waals surface area contributed by atoms with Crippen molar-refractivity contribution < 1.29 is 26.9 Å². The highest BCUT2D eigenvalue weighted by atomic mass is 35.5. The fourth-order valence-electron chi connectivity index (χ4n) is 5.54. The number of rotatable bonds is 6. The Morgan fingerprint density at radius 1 is 0.921 bits per heavy atom. The first-order valence-electron chi connectivity index (χ1n) is 12.5. The predicted octanol–water partition coefficient (Wildman–Crippen LogP) is 6.20. The van der Waals surface area contributed by atoms with Gasteiger partial charge in [-0.2, -0.15) is 8.42 Å². The van der Waals surface area contributed by atoms with Crippen LogP contribution in [0.3, 0.4) is 0 Å². The molecule has 0 amide bonds. The van der Waals surface area contributed by atoms with Crippen LogP contribution in [0.15, 0.2) is 63.8 Å². The lowest BCUT2D eigenvalue weighted by Crippen LogP contribution is -2.37. The first-order chi connectivity index (χ1) is 18.1. The fraction of sp³-hybridized carbons (Fsp3) is 0.357. The van der Waals surface area contributed by atoms with Crippen LogP contribution in [-0.2, 0) is 19.7 Å². The normalized spacial score (nSPS) is 18.5. The molecular formula is C28H27Cl2NO6S. The third kappa shape index (κ3) is 4.74. The summed E-state index contributed by atoms with van der Waals surface area (Å²) in [4.78, 5) is 28.5. The minimum absolute atomic E-state index is 0.00164. The molecular weight excluding hydrogens is 549 g/mol. The van der Waals surface area contributed by atoms with Gasteiger partial charge in [-0.1, -0.05) is 23.2 Å². The van der Waals surface area contributed by atoms with Crippen molar-refractivity contribution >= 4 is 44.9 Å². The molecule has 0 N–H and O–H groups in total. The fourth-order valence-corrected chi connectivity index (χ4v) is 6.93. The highest BCUT2D eigenvalue weighted by Gasteiger charge is 2.42. The quantitative estimate of drug-likeness (QED) is 0.378. The molecule has 10 heteroatoms. The lowest BCUT2D eigenvalue weighted by molar-refractivity contribution is -0.117.